The SMILES string of the molecule is N#CC[C@H](c1ccc(Cl)cc1)[C@@H](C#N)c1c(Cl)cccc1Cl. The molecule has 0 aliphatic heterocycles. The van der Waals surface area contributed by atoms with Gasteiger partial charge in [0.2, 0.25) is 0 Å². The summed E-state index contributed by atoms with van der Waals surface area (Å²) in [6.45, 7) is 0. The van der Waals surface area contributed by atoms with Gasteiger partial charge in [0.25, 0.3) is 0 Å². The van der Waals surface area contributed by atoms with E-state index < -0.39 is 5.92 Å². The highest BCUT2D eigenvalue weighted by Crippen LogP contribution is 2.41. The molecule has 0 fully saturated rings. The van der Waals surface area contributed by atoms with Gasteiger partial charge in [0.05, 0.1) is 18.1 Å². The lowest BCUT2D eigenvalue weighted by atomic mass is 9.80. The molecule has 0 amide bonds. The van der Waals surface area contributed by atoms with E-state index in [9.17, 15) is 5.26 Å². The molecule has 2 aromatic carbocycles. The smallest absolute Gasteiger partial charge is 0.0820 e. The quantitative estimate of drug-likeness (QED) is 0.684. The van der Waals surface area contributed by atoms with Crippen LogP contribution in [0.4, 0.5) is 0 Å². The summed E-state index contributed by atoms with van der Waals surface area (Å²) in [6.07, 6.45) is 0.182. The first-order valence-electron chi connectivity index (χ1n) is 6.54. The van der Waals surface area contributed by atoms with Crippen molar-refractivity contribution in [3.63, 3.8) is 0 Å². The number of nitriles is 2. The number of rotatable bonds is 4. The Morgan fingerprint density at radius 1 is 0.909 bits per heavy atom. The van der Waals surface area contributed by atoms with Crippen LogP contribution in [0.5, 0.6) is 0 Å². The van der Waals surface area contributed by atoms with Crippen LogP contribution >= 0.6 is 34.8 Å². The Balaban J connectivity index is 2.52. The van der Waals surface area contributed by atoms with Gasteiger partial charge >= 0.3 is 0 Å². The monoisotopic (exact) mass is 348 g/mol. The average molecular weight is 350 g/mol. The molecule has 0 heterocycles. The fraction of sp³-hybridized carbons (Fsp3) is 0.176. The van der Waals surface area contributed by atoms with E-state index in [0.717, 1.165) is 5.56 Å². The molecule has 110 valence electrons. The fourth-order valence-electron chi connectivity index (χ4n) is 2.40. The molecule has 0 unspecified atom stereocenters. The third-order valence-corrected chi connectivity index (χ3v) is 4.37. The summed E-state index contributed by atoms with van der Waals surface area (Å²) < 4.78 is 0. The Kier molecular flexibility index (Phi) is 5.69. The second-order valence-corrected chi connectivity index (χ2v) is 6.01. The van der Waals surface area contributed by atoms with Crippen molar-refractivity contribution in [3.05, 3.63) is 68.7 Å². The molecule has 2 aromatic rings. The molecule has 0 aliphatic carbocycles. The third-order valence-electron chi connectivity index (χ3n) is 3.46. The van der Waals surface area contributed by atoms with Gasteiger partial charge in [-0.2, -0.15) is 10.5 Å². The first-order valence-corrected chi connectivity index (χ1v) is 7.67. The summed E-state index contributed by atoms with van der Waals surface area (Å²) in [7, 11) is 0. The maximum Gasteiger partial charge on any atom is 0.0820 e. The Bertz CT molecular complexity index is 722. The highest BCUT2D eigenvalue weighted by atomic mass is 35.5. The van der Waals surface area contributed by atoms with Gasteiger partial charge in [-0.1, -0.05) is 53.0 Å². The Hall–Kier alpha value is -1.71. The summed E-state index contributed by atoms with van der Waals surface area (Å²) in [5, 5.41) is 20.2. The van der Waals surface area contributed by atoms with Crippen LogP contribution in [0.1, 0.15) is 29.4 Å². The van der Waals surface area contributed by atoms with Crippen LogP contribution in [0.2, 0.25) is 15.1 Å². The predicted molar refractivity (Wildman–Crippen MR) is 89.2 cm³/mol. The molecule has 22 heavy (non-hydrogen) atoms. The fourth-order valence-corrected chi connectivity index (χ4v) is 3.16. The van der Waals surface area contributed by atoms with Gasteiger partial charge in [-0.05, 0) is 29.8 Å². The first kappa shape index (κ1) is 16.7. The second-order valence-electron chi connectivity index (χ2n) is 4.76. The van der Waals surface area contributed by atoms with E-state index in [1.165, 1.54) is 0 Å². The Labute approximate surface area is 144 Å². The molecule has 0 spiro atoms. The zero-order valence-corrected chi connectivity index (χ0v) is 13.7. The van der Waals surface area contributed by atoms with Gasteiger partial charge in [-0.3, -0.25) is 0 Å². The minimum absolute atomic E-state index is 0.182. The summed E-state index contributed by atoms with van der Waals surface area (Å²) in [5.74, 6) is -0.938. The van der Waals surface area contributed by atoms with Crippen LogP contribution in [0, 0.1) is 22.7 Å². The molecular weight excluding hydrogens is 339 g/mol. The zero-order chi connectivity index (χ0) is 16.1. The lowest BCUT2D eigenvalue weighted by molar-refractivity contribution is 0.641. The number of nitrogens with zero attached hydrogens (tertiary/aromatic N) is 2. The van der Waals surface area contributed by atoms with E-state index in [2.05, 4.69) is 12.1 Å². The number of hydrogen-bond acceptors (Lipinski definition) is 2. The molecule has 2 atom stereocenters. The van der Waals surface area contributed by atoms with Crippen molar-refractivity contribution in [2.24, 2.45) is 0 Å². The van der Waals surface area contributed by atoms with Crippen LogP contribution < -0.4 is 0 Å². The molecule has 2 nitrogen and oxygen atoms in total. The normalized spacial score (nSPS) is 13.0. The van der Waals surface area contributed by atoms with Gasteiger partial charge in [0.1, 0.15) is 0 Å². The van der Waals surface area contributed by atoms with Crippen LogP contribution in [-0.2, 0) is 0 Å². The standard InChI is InChI=1S/C17H11Cl3N2/c18-12-6-4-11(5-7-12)13(8-9-21)14(10-22)17-15(19)2-1-3-16(17)20/h1-7,13-14H,8H2/t13-,14-/m1/s1. The van der Waals surface area contributed by atoms with E-state index >= 15 is 0 Å². The van der Waals surface area contributed by atoms with Gasteiger partial charge < -0.3 is 0 Å². The molecule has 0 N–H and O–H groups in total. The third kappa shape index (κ3) is 3.54. The Morgan fingerprint density at radius 2 is 1.50 bits per heavy atom. The molecule has 0 aliphatic rings. The highest BCUT2D eigenvalue weighted by molar-refractivity contribution is 6.36. The van der Waals surface area contributed by atoms with Gasteiger partial charge in [-0.25, -0.2) is 0 Å². The molecule has 2 rings (SSSR count). The molecule has 0 saturated carbocycles. The maximum atomic E-state index is 9.64. The number of hydrogen-bond donors (Lipinski definition) is 0. The molecule has 0 bridgehead atoms. The molecule has 0 saturated heterocycles. The van der Waals surface area contributed by atoms with Crippen molar-refractivity contribution in [1.29, 1.82) is 10.5 Å². The van der Waals surface area contributed by atoms with Crippen molar-refractivity contribution >= 4 is 34.8 Å². The van der Waals surface area contributed by atoms with Crippen molar-refractivity contribution in [2.75, 3.05) is 0 Å². The number of halogens is 3. The largest absolute Gasteiger partial charge is 0.198 e. The van der Waals surface area contributed by atoms with Gasteiger partial charge in [0.15, 0.2) is 0 Å². The summed E-state index contributed by atoms with van der Waals surface area (Å²) >= 11 is 18.3. The maximum absolute atomic E-state index is 9.64. The predicted octanol–water partition coefficient (Wildman–Crippen LogP) is 5.95. The number of benzene rings is 2. The second kappa shape index (κ2) is 7.52. The van der Waals surface area contributed by atoms with Crippen LogP contribution in [0.15, 0.2) is 42.5 Å². The summed E-state index contributed by atoms with van der Waals surface area (Å²) in [6, 6.07) is 16.6. The van der Waals surface area contributed by atoms with Crippen LogP contribution in [0.25, 0.3) is 0 Å². The Morgan fingerprint density at radius 3 is 2.00 bits per heavy atom. The molecule has 5 heteroatoms. The molecule has 0 aromatic heterocycles. The van der Waals surface area contributed by atoms with Crippen LogP contribution in [-0.4, -0.2) is 0 Å². The topological polar surface area (TPSA) is 47.6 Å². The average Bonchev–Trinajstić information content (AvgIpc) is 2.50. The minimum Gasteiger partial charge on any atom is -0.198 e. The zero-order valence-electron chi connectivity index (χ0n) is 11.4. The van der Waals surface area contributed by atoms with Gasteiger partial charge in [-0.15, -0.1) is 0 Å². The van der Waals surface area contributed by atoms with E-state index in [-0.39, 0.29) is 12.3 Å². The summed E-state index contributed by atoms with van der Waals surface area (Å²) in [4.78, 5) is 0. The van der Waals surface area contributed by atoms with E-state index in [0.29, 0.717) is 20.6 Å². The van der Waals surface area contributed by atoms with Crippen LogP contribution in [0.3, 0.4) is 0 Å². The first-order chi connectivity index (χ1) is 10.6. The minimum atomic E-state index is -0.609. The van der Waals surface area contributed by atoms with E-state index in [1.54, 1.807) is 30.3 Å². The molecular formula is C17H11Cl3N2. The van der Waals surface area contributed by atoms with Crippen molar-refractivity contribution < 1.29 is 0 Å². The van der Waals surface area contributed by atoms with E-state index in [1.807, 2.05) is 12.1 Å². The highest BCUT2D eigenvalue weighted by Gasteiger charge is 2.28. The molecule has 0 radical (unpaired) electrons. The van der Waals surface area contributed by atoms with Gasteiger partial charge in [0, 0.05) is 33.0 Å². The lowest BCUT2D eigenvalue weighted by Gasteiger charge is -2.22. The van der Waals surface area contributed by atoms with Crippen molar-refractivity contribution in [3.8, 4) is 12.1 Å². The van der Waals surface area contributed by atoms with Crippen molar-refractivity contribution in [2.45, 2.75) is 18.3 Å². The summed E-state index contributed by atoms with van der Waals surface area (Å²) in [5.41, 5.74) is 1.41. The lowest BCUT2D eigenvalue weighted by Crippen LogP contribution is -2.11. The van der Waals surface area contributed by atoms with Crippen molar-refractivity contribution in [1.82, 2.24) is 0 Å². The van der Waals surface area contributed by atoms with E-state index in [4.69, 9.17) is 40.1 Å².